The Kier molecular flexibility index (Phi) is 6.16. The van der Waals surface area contributed by atoms with Crippen LogP contribution in [0.3, 0.4) is 0 Å². The monoisotopic (exact) mass is 736 g/mol. The third-order valence-corrected chi connectivity index (χ3v) is 95.3. The van der Waals surface area contributed by atoms with E-state index in [0.717, 1.165) is 0 Å². The van der Waals surface area contributed by atoms with E-state index in [9.17, 15) is 0 Å². The second-order valence-electron chi connectivity index (χ2n) is 16.7. The van der Waals surface area contributed by atoms with Crippen molar-refractivity contribution in [2.24, 2.45) is 0 Å². The normalized spacial score (nSPS) is 20.2. The van der Waals surface area contributed by atoms with Crippen LogP contribution in [-0.2, 0) is 14.2 Å². The number of rotatable bonds is 6. The van der Waals surface area contributed by atoms with Crippen LogP contribution in [0.1, 0.15) is 68.4 Å². The molecule has 216 valence electrons. The van der Waals surface area contributed by atoms with Crippen molar-refractivity contribution in [3.63, 3.8) is 0 Å². The van der Waals surface area contributed by atoms with E-state index in [2.05, 4.69) is 167 Å². The van der Waals surface area contributed by atoms with Crippen LogP contribution in [0, 0.1) is 13.8 Å². The zero-order valence-corrected chi connectivity index (χ0v) is 31.9. The van der Waals surface area contributed by atoms with Crippen molar-refractivity contribution in [3.05, 3.63) is 130 Å². The van der Waals surface area contributed by atoms with Crippen LogP contribution < -0.4 is 0 Å². The summed E-state index contributed by atoms with van der Waals surface area (Å²) >= 11 is -5.16. The van der Waals surface area contributed by atoms with Gasteiger partial charge in [-0.05, 0) is 0 Å². The number of allylic oxidation sites excluding steroid dienone is 2. The Balaban J connectivity index is 1.63. The second kappa shape index (κ2) is 8.76. The molecule has 0 bridgehead atoms. The maximum absolute atomic E-state index is 5.16. The first-order valence-electron chi connectivity index (χ1n) is 15.9. The molecule has 2 aliphatic rings. The fourth-order valence-electron chi connectivity index (χ4n) is 9.17. The molecule has 2 heteroatoms. The molecule has 42 heavy (non-hydrogen) atoms. The van der Waals surface area contributed by atoms with Gasteiger partial charge < -0.3 is 0 Å². The van der Waals surface area contributed by atoms with Gasteiger partial charge in [0.05, 0.1) is 0 Å². The predicted octanol–water partition coefficient (Wildman–Crippen LogP) is 11.5. The number of aryl methyl sites for hydroxylation is 2. The molecular weight excluding hydrogens is 687 g/mol. The molecular formula is C40H48HfSi. The summed E-state index contributed by atoms with van der Waals surface area (Å²) in [4.78, 5) is 0. The molecule has 2 unspecified atom stereocenters. The Morgan fingerprint density at radius 3 is 1.24 bits per heavy atom. The summed E-state index contributed by atoms with van der Waals surface area (Å²) in [6.07, 6.45) is 10.3. The van der Waals surface area contributed by atoms with Crippen LogP contribution in [0.25, 0.3) is 34.4 Å². The molecule has 0 nitrogen and oxygen atoms in total. The Morgan fingerprint density at radius 1 is 0.548 bits per heavy atom. The van der Waals surface area contributed by atoms with E-state index in [1.807, 2.05) is 0 Å². The first kappa shape index (κ1) is 29.5. The van der Waals surface area contributed by atoms with E-state index in [1.165, 1.54) is 55.6 Å². The van der Waals surface area contributed by atoms with E-state index in [1.54, 1.807) is 0 Å². The molecule has 4 aromatic carbocycles. The summed E-state index contributed by atoms with van der Waals surface area (Å²) in [5, 5.41) is 0. The molecule has 0 aromatic heterocycles. The van der Waals surface area contributed by atoms with Gasteiger partial charge in [-0.3, -0.25) is 0 Å². The molecule has 0 amide bonds. The van der Waals surface area contributed by atoms with Crippen molar-refractivity contribution in [3.8, 4) is 22.3 Å². The van der Waals surface area contributed by atoms with Crippen molar-refractivity contribution in [1.29, 1.82) is 0 Å². The van der Waals surface area contributed by atoms with Gasteiger partial charge in [0.2, 0.25) is 0 Å². The van der Waals surface area contributed by atoms with E-state index >= 15 is 0 Å². The van der Waals surface area contributed by atoms with Gasteiger partial charge in [0.25, 0.3) is 0 Å². The Morgan fingerprint density at radius 2 is 0.905 bits per heavy atom. The number of hydrogen-bond donors (Lipinski definition) is 0. The molecule has 0 radical (unpaired) electrons. The molecule has 0 spiro atoms. The molecule has 2 atom stereocenters. The standard InChI is InChI=1S/2C16H13.2C3H7.2CH3.Hf.H2Si/c2*1-12-8-10-14(11-9-12)16-7-3-5-13-4-2-6-15(13)16;2*1-3-2;;;;/h2*2-11H,1H3;2*3H,1-2H3;2*1H3;;1H2. The molecule has 2 aliphatic carbocycles. The zero-order chi connectivity index (χ0) is 30.2. The van der Waals surface area contributed by atoms with Gasteiger partial charge in [-0.15, -0.1) is 0 Å². The number of hydrogen-bond acceptors (Lipinski definition) is 0. The summed E-state index contributed by atoms with van der Waals surface area (Å²) in [5.74, 6) is 0. The first-order valence-corrected chi connectivity index (χ1v) is 39.7. The molecule has 0 saturated carbocycles. The van der Waals surface area contributed by atoms with E-state index in [0.29, 0.717) is 14.7 Å². The molecule has 0 saturated heterocycles. The van der Waals surface area contributed by atoms with Crippen LogP contribution in [0.2, 0.25) is 16.7 Å². The van der Waals surface area contributed by atoms with Crippen LogP contribution in [0.5, 0.6) is 0 Å². The van der Waals surface area contributed by atoms with Crippen molar-refractivity contribution >= 4 is 19.1 Å². The Labute approximate surface area is 250 Å². The van der Waals surface area contributed by atoms with Gasteiger partial charge in [0.15, 0.2) is 0 Å². The van der Waals surface area contributed by atoms with Crippen LogP contribution in [-0.4, -0.2) is 6.94 Å². The van der Waals surface area contributed by atoms with Crippen molar-refractivity contribution in [2.45, 2.75) is 65.6 Å². The van der Waals surface area contributed by atoms with Gasteiger partial charge >= 0.3 is 252 Å². The second-order valence-corrected chi connectivity index (χ2v) is 92.7. The molecule has 0 aliphatic heterocycles. The van der Waals surface area contributed by atoms with E-state index in [4.69, 9.17) is 0 Å². The predicted molar refractivity (Wildman–Crippen MR) is 187 cm³/mol. The zero-order valence-electron chi connectivity index (χ0n) is 26.9. The quantitative estimate of drug-likeness (QED) is 0.173. The van der Waals surface area contributed by atoms with Gasteiger partial charge in [0.1, 0.15) is 0 Å². The fourth-order valence-corrected chi connectivity index (χ4v) is 50.1. The van der Waals surface area contributed by atoms with Gasteiger partial charge in [0, 0.05) is 0 Å². The SMILES string of the molecule is Cc1ccc(-c2cccc3c2C=C[CH]3[Hf]([CH3])([CH3])(=[SiH2])([CH](C)C)([CH](C)C)[CH]2C=Cc3c(-c4ccc(C)cc4)cccc32)cc1. The van der Waals surface area contributed by atoms with Gasteiger partial charge in [-0.1, -0.05) is 0 Å². The average molecular weight is 735 g/mol. The average Bonchev–Trinajstić information content (AvgIpc) is 3.61. The van der Waals surface area contributed by atoms with Gasteiger partial charge in [-0.25, -0.2) is 0 Å². The van der Waals surface area contributed by atoms with Crippen molar-refractivity contribution in [1.82, 2.24) is 0 Å². The topological polar surface area (TPSA) is 0 Å². The number of fused-ring (bicyclic) bond motifs is 2. The summed E-state index contributed by atoms with van der Waals surface area (Å²) in [6.45, 7) is 17.1. The molecule has 0 fully saturated rings. The van der Waals surface area contributed by atoms with Crippen LogP contribution in [0.4, 0.5) is 0 Å². The molecule has 0 heterocycles. The third kappa shape index (κ3) is 3.49. The third-order valence-electron chi connectivity index (χ3n) is 14.5. The minimum atomic E-state index is -5.16. The minimum absolute atomic E-state index is 0.400. The van der Waals surface area contributed by atoms with E-state index < -0.39 is 14.2 Å². The molecule has 6 rings (SSSR count). The Hall–Kier alpha value is -2.55. The number of benzene rings is 4. The molecule has 0 N–H and O–H groups in total. The van der Waals surface area contributed by atoms with Crippen LogP contribution in [0.15, 0.2) is 97.1 Å². The molecule has 4 aromatic rings. The first-order chi connectivity index (χ1) is 19.7. The summed E-state index contributed by atoms with van der Waals surface area (Å²) in [5.41, 5.74) is 13.9. The maximum atomic E-state index is 2.86. The van der Waals surface area contributed by atoms with Crippen molar-refractivity contribution in [2.75, 3.05) is 0 Å². The summed E-state index contributed by atoms with van der Waals surface area (Å²) in [6, 6.07) is 32.3. The Bertz CT molecular complexity index is 1780. The fraction of sp³-hybridized carbons (Fsp3) is 0.300. The van der Waals surface area contributed by atoms with Crippen LogP contribution >= 0.6 is 0 Å². The van der Waals surface area contributed by atoms with Gasteiger partial charge in [-0.2, -0.15) is 0 Å². The summed E-state index contributed by atoms with van der Waals surface area (Å²) < 4.78 is 7.61. The summed E-state index contributed by atoms with van der Waals surface area (Å²) in [7, 11) is 0. The van der Waals surface area contributed by atoms with E-state index in [-0.39, 0.29) is 0 Å². The van der Waals surface area contributed by atoms with Crippen molar-refractivity contribution < 1.29 is 14.2 Å².